The van der Waals surface area contributed by atoms with Crippen molar-refractivity contribution in [3.8, 4) is 0 Å². The van der Waals surface area contributed by atoms with Gasteiger partial charge in [-0.2, -0.15) is 0 Å². The van der Waals surface area contributed by atoms with Crippen LogP contribution in [0.3, 0.4) is 0 Å². The highest BCUT2D eigenvalue weighted by atomic mass is 16.6. The first-order valence-electron chi connectivity index (χ1n) is 5.32. The van der Waals surface area contributed by atoms with Gasteiger partial charge in [0, 0.05) is 13.1 Å². The van der Waals surface area contributed by atoms with Crippen LogP contribution < -0.4 is 0 Å². The van der Waals surface area contributed by atoms with E-state index in [4.69, 9.17) is 4.74 Å². The average Bonchev–Trinajstić information content (AvgIpc) is 2.19. The lowest BCUT2D eigenvalue weighted by molar-refractivity contribution is 0.108. The summed E-state index contributed by atoms with van der Waals surface area (Å²) >= 11 is 0. The highest BCUT2D eigenvalue weighted by Gasteiger charge is 2.08. The summed E-state index contributed by atoms with van der Waals surface area (Å²) in [5.41, 5.74) is 0. The minimum absolute atomic E-state index is 0.208. The summed E-state index contributed by atoms with van der Waals surface area (Å²) in [5, 5.41) is 0. The molecule has 0 bridgehead atoms. The molecule has 0 aromatic heterocycles. The molecule has 0 N–H and O–H groups in total. The third-order valence-corrected chi connectivity index (χ3v) is 1.93. The number of carbonyl (C=O) groups is 1. The second kappa shape index (κ2) is 8.60. The summed E-state index contributed by atoms with van der Waals surface area (Å²) in [6, 6.07) is 0. The normalized spacial score (nSPS) is 10.5. The first-order chi connectivity index (χ1) is 6.76. The molecule has 0 aliphatic heterocycles. The molecule has 0 aromatic rings. The fourth-order valence-electron chi connectivity index (χ4n) is 1.07. The Morgan fingerprint density at radius 2 is 1.86 bits per heavy atom. The number of hydrogen-bond donors (Lipinski definition) is 0. The van der Waals surface area contributed by atoms with Gasteiger partial charge < -0.3 is 9.64 Å². The summed E-state index contributed by atoms with van der Waals surface area (Å²) < 4.78 is 5.07. The Morgan fingerprint density at radius 3 is 2.36 bits per heavy atom. The molecular formula is C11H21NO2. The van der Waals surface area contributed by atoms with Crippen LogP contribution in [0.15, 0.2) is 12.2 Å². The molecule has 0 unspecified atom stereocenters. The lowest BCUT2D eigenvalue weighted by atomic mass is 10.3. The number of allylic oxidation sites excluding steroid dienone is 1. The van der Waals surface area contributed by atoms with E-state index in [1.165, 1.54) is 0 Å². The smallest absolute Gasteiger partial charge is 0.409 e. The zero-order valence-electron chi connectivity index (χ0n) is 9.45. The average molecular weight is 199 g/mol. The molecule has 0 aliphatic rings. The van der Waals surface area contributed by atoms with Crippen LogP contribution in [0.2, 0.25) is 0 Å². The molecule has 0 fully saturated rings. The number of nitrogens with zero attached hydrogens (tertiary/aromatic N) is 1. The minimum Gasteiger partial charge on any atom is -0.449 e. The van der Waals surface area contributed by atoms with Gasteiger partial charge in [0.1, 0.15) is 0 Å². The van der Waals surface area contributed by atoms with E-state index in [0.29, 0.717) is 19.7 Å². The van der Waals surface area contributed by atoms with Crippen molar-refractivity contribution in [2.75, 3.05) is 19.7 Å². The monoisotopic (exact) mass is 199 g/mol. The zero-order chi connectivity index (χ0) is 10.8. The van der Waals surface area contributed by atoms with Crippen molar-refractivity contribution in [3.05, 3.63) is 12.2 Å². The molecule has 0 atom stereocenters. The standard InChI is InChI=1S/C11H21NO2/c1-4-7-8-9-10-14-11(13)12(5-2)6-3/h7-8H,4-6,9-10H2,1-3H3/b8-7-. The Balaban J connectivity index is 3.57. The lowest BCUT2D eigenvalue weighted by Crippen LogP contribution is -2.31. The van der Waals surface area contributed by atoms with Crippen LogP contribution in [0.4, 0.5) is 4.79 Å². The van der Waals surface area contributed by atoms with Crippen LogP contribution in [0.5, 0.6) is 0 Å². The molecule has 82 valence electrons. The number of hydrogen-bond acceptors (Lipinski definition) is 2. The third kappa shape index (κ3) is 5.62. The summed E-state index contributed by atoms with van der Waals surface area (Å²) in [5.74, 6) is 0. The Morgan fingerprint density at radius 1 is 1.21 bits per heavy atom. The maximum Gasteiger partial charge on any atom is 0.409 e. The van der Waals surface area contributed by atoms with Gasteiger partial charge in [0.05, 0.1) is 6.61 Å². The van der Waals surface area contributed by atoms with Crippen molar-refractivity contribution in [2.24, 2.45) is 0 Å². The van der Waals surface area contributed by atoms with Crippen LogP contribution in [0, 0.1) is 0 Å². The van der Waals surface area contributed by atoms with Crippen LogP contribution in [0.1, 0.15) is 33.6 Å². The van der Waals surface area contributed by atoms with Gasteiger partial charge in [-0.25, -0.2) is 4.79 Å². The fraction of sp³-hybridized carbons (Fsp3) is 0.727. The molecule has 0 saturated carbocycles. The number of carbonyl (C=O) groups excluding carboxylic acids is 1. The lowest BCUT2D eigenvalue weighted by Gasteiger charge is -2.17. The molecule has 3 heteroatoms. The highest BCUT2D eigenvalue weighted by Crippen LogP contribution is 1.95. The number of ether oxygens (including phenoxy) is 1. The largest absolute Gasteiger partial charge is 0.449 e. The molecule has 3 nitrogen and oxygen atoms in total. The van der Waals surface area contributed by atoms with Crippen molar-refractivity contribution in [3.63, 3.8) is 0 Å². The SMILES string of the molecule is CC/C=C\CCOC(=O)N(CC)CC. The van der Waals surface area contributed by atoms with Gasteiger partial charge >= 0.3 is 6.09 Å². The van der Waals surface area contributed by atoms with E-state index < -0.39 is 0 Å². The van der Waals surface area contributed by atoms with E-state index in [9.17, 15) is 4.79 Å². The van der Waals surface area contributed by atoms with Crippen molar-refractivity contribution in [2.45, 2.75) is 33.6 Å². The van der Waals surface area contributed by atoms with E-state index in [-0.39, 0.29) is 6.09 Å². The molecule has 0 heterocycles. The highest BCUT2D eigenvalue weighted by molar-refractivity contribution is 5.67. The maximum absolute atomic E-state index is 11.3. The van der Waals surface area contributed by atoms with E-state index in [0.717, 1.165) is 12.8 Å². The van der Waals surface area contributed by atoms with Crippen LogP contribution in [-0.2, 0) is 4.74 Å². The Labute approximate surface area is 86.7 Å². The Hall–Kier alpha value is -0.990. The first-order valence-corrected chi connectivity index (χ1v) is 5.32. The molecule has 0 rings (SSSR count). The minimum atomic E-state index is -0.208. The molecule has 1 amide bonds. The van der Waals surface area contributed by atoms with Crippen molar-refractivity contribution in [1.82, 2.24) is 4.90 Å². The molecule has 0 aliphatic carbocycles. The second-order valence-electron chi connectivity index (χ2n) is 2.95. The first kappa shape index (κ1) is 13.0. The fourth-order valence-corrected chi connectivity index (χ4v) is 1.07. The third-order valence-electron chi connectivity index (χ3n) is 1.93. The van der Waals surface area contributed by atoms with Gasteiger partial charge in [0.15, 0.2) is 0 Å². The second-order valence-corrected chi connectivity index (χ2v) is 2.95. The summed E-state index contributed by atoms with van der Waals surface area (Å²) in [6.45, 7) is 7.87. The summed E-state index contributed by atoms with van der Waals surface area (Å²) in [7, 11) is 0. The molecule has 14 heavy (non-hydrogen) atoms. The predicted octanol–water partition coefficient (Wildman–Crippen LogP) is 2.82. The van der Waals surface area contributed by atoms with E-state index in [2.05, 4.69) is 13.0 Å². The van der Waals surface area contributed by atoms with Crippen LogP contribution >= 0.6 is 0 Å². The quantitative estimate of drug-likeness (QED) is 0.486. The predicted molar refractivity (Wildman–Crippen MR) is 58.3 cm³/mol. The van der Waals surface area contributed by atoms with Gasteiger partial charge in [-0.15, -0.1) is 0 Å². The molecule has 0 saturated heterocycles. The van der Waals surface area contributed by atoms with Gasteiger partial charge in [-0.3, -0.25) is 0 Å². The van der Waals surface area contributed by atoms with Gasteiger partial charge in [0.25, 0.3) is 0 Å². The van der Waals surface area contributed by atoms with Gasteiger partial charge in [-0.1, -0.05) is 19.1 Å². The zero-order valence-corrected chi connectivity index (χ0v) is 9.45. The molecule has 0 spiro atoms. The molecule has 0 radical (unpaired) electrons. The van der Waals surface area contributed by atoms with Crippen LogP contribution in [-0.4, -0.2) is 30.7 Å². The Bertz CT molecular complexity index is 174. The number of amides is 1. The van der Waals surface area contributed by atoms with Crippen molar-refractivity contribution in [1.29, 1.82) is 0 Å². The summed E-state index contributed by atoms with van der Waals surface area (Å²) in [6.07, 6.45) is 5.74. The maximum atomic E-state index is 11.3. The van der Waals surface area contributed by atoms with Gasteiger partial charge in [-0.05, 0) is 26.7 Å². The van der Waals surface area contributed by atoms with Crippen molar-refractivity contribution < 1.29 is 9.53 Å². The summed E-state index contributed by atoms with van der Waals surface area (Å²) in [4.78, 5) is 13.0. The topological polar surface area (TPSA) is 29.5 Å². The van der Waals surface area contributed by atoms with Crippen LogP contribution in [0.25, 0.3) is 0 Å². The van der Waals surface area contributed by atoms with Crippen molar-refractivity contribution >= 4 is 6.09 Å². The molecule has 0 aromatic carbocycles. The van der Waals surface area contributed by atoms with E-state index in [1.807, 2.05) is 19.9 Å². The van der Waals surface area contributed by atoms with E-state index in [1.54, 1.807) is 4.90 Å². The number of rotatable bonds is 6. The van der Waals surface area contributed by atoms with Gasteiger partial charge in [0.2, 0.25) is 0 Å². The Kier molecular flexibility index (Phi) is 7.99. The van der Waals surface area contributed by atoms with E-state index >= 15 is 0 Å². The molecular weight excluding hydrogens is 178 g/mol.